The maximum Gasteiger partial charge on any atom is 0.251 e. The maximum absolute atomic E-state index is 12.2. The molecule has 0 saturated heterocycles. The molecule has 2 heterocycles. The number of carbonyl (C=O) groups excluding carboxylic acids is 1. The number of aromatic nitrogens is 5. The molecule has 0 fully saturated rings. The lowest BCUT2D eigenvalue weighted by Crippen LogP contribution is -2.26. The van der Waals surface area contributed by atoms with Crippen molar-refractivity contribution >= 4 is 17.5 Å². The van der Waals surface area contributed by atoms with E-state index in [0.717, 1.165) is 11.1 Å². The van der Waals surface area contributed by atoms with E-state index in [-0.39, 0.29) is 25.2 Å². The SMILES string of the molecule is COc1cc(C(=O)NCCO)ccc1Nc1ncc(-c2ccc(C#N)c(O[C@@H](C)Cn3cncn3)c2)cn1. The number of aliphatic hydroxyl groups excluding tert-OH is 1. The minimum absolute atomic E-state index is 0.143. The Morgan fingerprint density at radius 1 is 1.16 bits per heavy atom. The minimum atomic E-state index is -0.317. The maximum atomic E-state index is 12.2. The van der Waals surface area contributed by atoms with Gasteiger partial charge in [-0.3, -0.25) is 4.79 Å². The van der Waals surface area contributed by atoms with Crippen molar-refractivity contribution in [1.29, 1.82) is 5.26 Å². The number of methoxy groups -OCH3 is 1. The number of nitriles is 1. The predicted octanol–water partition coefficient (Wildman–Crippen LogP) is 2.55. The Hall–Kier alpha value is -5.02. The first kappa shape index (κ1) is 26.1. The van der Waals surface area contributed by atoms with Crippen molar-refractivity contribution in [3.8, 4) is 28.7 Å². The molecule has 38 heavy (non-hydrogen) atoms. The molecule has 0 aliphatic heterocycles. The summed E-state index contributed by atoms with van der Waals surface area (Å²) in [6, 6.07) is 12.4. The molecule has 3 N–H and O–H groups in total. The fraction of sp³-hybridized carbons (Fsp3) is 0.231. The van der Waals surface area contributed by atoms with Gasteiger partial charge < -0.3 is 25.2 Å². The minimum Gasteiger partial charge on any atom is -0.495 e. The summed E-state index contributed by atoms with van der Waals surface area (Å²) in [5, 5.41) is 28.2. The highest BCUT2D eigenvalue weighted by molar-refractivity contribution is 5.95. The van der Waals surface area contributed by atoms with E-state index in [4.69, 9.17) is 14.6 Å². The average molecular weight is 515 g/mol. The van der Waals surface area contributed by atoms with Gasteiger partial charge in [0.1, 0.15) is 36.3 Å². The Kier molecular flexibility index (Phi) is 8.42. The normalized spacial score (nSPS) is 11.3. The lowest BCUT2D eigenvalue weighted by atomic mass is 10.1. The number of benzene rings is 2. The molecule has 12 nitrogen and oxygen atoms in total. The van der Waals surface area contributed by atoms with E-state index in [0.29, 0.717) is 40.8 Å². The fourth-order valence-electron chi connectivity index (χ4n) is 3.61. The highest BCUT2D eigenvalue weighted by Gasteiger charge is 2.14. The highest BCUT2D eigenvalue weighted by atomic mass is 16.5. The van der Waals surface area contributed by atoms with E-state index < -0.39 is 0 Å². The molecule has 194 valence electrons. The summed E-state index contributed by atoms with van der Waals surface area (Å²) >= 11 is 0. The molecule has 1 atom stereocenters. The smallest absolute Gasteiger partial charge is 0.251 e. The molecule has 0 radical (unpaired) electrons. The van der Waals surface area contributed by atoms with Crippen LogP contribution in [0.5, 0.6) is 11.5 Å². The Labute approximate surface area is 218 Å². The molecule has 0 aliphatic rings. The van der Waals surface area contributed by atoms with Crippen LogP contribution in [0.15, 0.2) is 61.4 Å². The molecule has 4 rings (SSSR count). The predicted molar refractivity (Wildman–Crippen MR) is 138 cm³/mol. The fourth-order valence-corrected chi connectivity index (χ4v) is 3.61. The summed E-state index contributed by atoms with van der Waals surface area (Å²) in [6.07, 6.45) is 6.13. The van der Waals surface area contributed by atoms with Crippen molar-refractivity contribution < 1.29 is 19.4 Å². The highest BCUT2D eigenvalue weighted by Crippen LogP contribution is 2.30. The quantitative estimate of drug-likeness (QED) is 0.271. The lowest BCUT2D eigenvalue weighted by Gasteiger charge is -2.16. The third-order valence-corrected chi connectivity index (χ3v) is 5.43. The number of nitrogens with zero attached hydrogens (tertiary/aromatic N) is 6. The van der Waals surface area contributed by atoms with E-state index in [9.17, 15) is 10.1 Å². The third-order valence-electron chi connectivity index (χ3n) is 5.43. The number of aliphatic hydroxyl groups is 1. The van der Waals surface area contributed by atoms with Crippen LogP contribution < -0.4 is 20.1 Å². The zero-order valence-electron chi connectivity index (χ0n) is 20.8. The van der Waals surface area contributed by atoms with Gasteiger partial charge in [0.2, 0.25) is 5.95 Å². The number of rotatable bonds is 11. The van der Waals surface area contributed by atoms with Gasteiger partial charge in [-0.1, -0.05) is 6.07 Å². The van der Waals surface area contributed by atoms with Crippen molar-refractivity contribution in [3.05, 3.63) is 72.6 Å². The van der Waals surface area contributed by atoms with Gasteiger partial charge >= 0.3 is 0 Å². The van der Waals surface area contributed by atoms with E-state index in [2.05, 4.69) is 36.8 Å². The van der Waals surface area contributed by atoms with E-state index in [1.54, 1.807) is 53.7 Å². The number of nitrogens with one attached hydrogen (secondary N) is 2. The molecule has 1 amide bonds. The third kappa shape index (κ3) is 6.40. The Morgan fingerprint density at radius 2 is 1.97 bits per heavy atom. The van der Waals surface area contributed by atoms with Crippen LogP contribution in [0, 0.1) is 11.3 Å². The van der Waals surface area contributed by atoms with Gasteiger partial charge in [0.25, 0.3) is 5.91 Å². The lowest BCUT2D eigenvalue weighted by molar-refractivity contribution is 0.0944. The molecular formula is C26H26N8O4. The summed E-state index contributed by atoms with van der Waals surface area (Å²) in [6.45, 7) is 2.39. The molecule has 4 aromatic rings. The summed E-state index contributed by atoms with van der Waals surface area (Å²) in [7, 11) is 1.50. The molecule has 2 aromatic carbocycles. The van der Waals surface area contributed by atoms with Crippen LogP contribution in [0.1, 0.15) is 22.8 Å². The second-order valence-corrected chi connectivity index (χ2v) is 8.18. The monoisotopic (exact) mass is 514 g/mol. The van der Waals surface area contributed by atoms with Crippen LogP contribution >= 0.6 is 0 Å². The van der Waals surface area contributed by atoms with E-state index in [1.807, 2.05) is 13.0 Å². The second-order valence-electron chi connectivity index (χ2n) is 8.18. The summed E-state index contributed by atoms with van der Waals surface area (Å²) in [4.78, 5) is 24.9. The number of hydrogen-bond acceptors (Lipinski definition) is 10. The van der Waals surface area contributed by atoms with Crippen LogP contribution in [0.4, 0.5) is 11.6 Å². The van der Waals surface area contributed by atoms with E-state index >= 15 is 0 Å². The first-order valence-electron chi connectivity index (χ1n) is 11.7. The number of hydrogen-bond donors (Lipinski definition) is 3. The van der Waals surface area contributed by atoms with Gasteiger partial charge in [0.15, 0.2) is 0 Å². The van der Waals surface area contributed by atoms with Gasteiger partial charge in [-0.25, -0.2) is 19.6 Å². The zero-order chi connectivity index (χ0) is 26.9. The molecule has 0 bridgehead atoms. The Morgan fingerprint density at radius 3 is 2.66 bits per heavy atom. The van der Waals surface area contributed by atoms with Gasteiger partial charge in [0, 0.05) is 30.1 Å². The molecule has 12 heteroatoms. The first-order chi connectivity index (χ1) is 18.5. The second kappa shape index (κ2) is 12.3. The Bertz CT molecular complexity index is 1420. The summed E-state index contributed by atoms with van der Waals surface area (Å²) < 4.78 is 13.1. The molecule has 2 aromatic heterocycles. The largest absolute Gasteiger partial charge is 0.495 e. The Balaban J connectivity index is 1.48. The van der Waals surface area contributed by atoms with Gasteiger partial charge in [-0.2, -0.15) is 10.4 Å². The van der Waals surface area contributed by atoms with Crippen molar-refractivity contribution in [1.82, 2.24) is 30.0 Å². The molecule has 0 aliphatic carbocycles. The van der Waals surface area contributed by atoms with Gasteiger partial charge in [-0.05, 0) is 42.8 Å². The molecule has 0 spiro atoms. The van der Waals surface area contributed by atoms with Crippen LogP contribution in [0.25, 0.3) is 11.1 Å². The number of amides is 1. The van der Waals surface area contributed by atoms with E-state index in [1.165, 1.54) is 13.4 Å². The van der Waals surface area contributed by atoms with Crippen LogP contribution in [-0.4, -0.2) is 62.1 Å². The number of carbonyl (C=O) groups is 1. The molecular weight excluding hydrogens is 488 g/mol. The van der Waals surface area contributed by atoms with Crippen molar-refractivity contribution in [2.75, 3.05) is 25.6 Å². The van der Waals surface area contributed by atoms with Crippen molar-refractivity contribution in [2.45, 2.75) is 19.6 Å². The standard InChI is InChI=1S/C26H26N8O4/c1-17(14-34-16-28-15-32-34)38-23-9-18(3-4-20(23)11-27)21-12-30-26(31-13-21)33-22-6-5-19(10-24(22)37-2)25(36)29-7-8-35/h3-6,9-10,12-13,15-17,35H,7-8,14H2,1-2H3,(H,29,36)(H,30,31,33)/t17-/m0/s1. The zero-order valence-corrected chi connectivity index (χ0v) is 20.8. The molecule has 0 saturated carbocycles. The van der Waals surface area contributed by atoms with Crippen LogP contribution in [0.2, 0.25) is 0 Å². The number of anilines is 2. The average Bonchev–Trinajstić information content (AvgIpc) is 3.45. The van der Waals surface area contributed by atoms with Gasteiger partial charge in [0.05, 0.1) is 31.5 Å². The first-order valence-corrected chi connectivity index (χ1v) is 11.7. The van der Waals surface area contributed by atoms with Gasteiger partial charge in [-0.15, -0.1) is 0 Å². The molecule has 0 unspecified atom stereocenters. The van der Waals surface area contributed by atoms with Crippen molar-refractivity contribution in [3.63, 3.8) is 0 Å². The summed E-state index contributed by atoms with van der Waals surface area (Å²) in [5.41, 5.74) is 2.91. The van der Waals surface area contributed by atoms with Crippen LogP contribution in [-0.2, 0) is 6.54 Å². The topological polar surface area (TPSA) is 160 Å². The number of ether oxygens (including phenoxy) is 2. The summed E-state index contributed by atoms with van der Waals surface area (Å²) in [5.74, 6) is 0.898. The van der Waals surface area contributed by atoms with Crippen LogP contribution in [0.3, 0.4) is 0 Å². The van der Waals surface area contributed by atoms with Crippen molar-refractivity contribution in [2.24, 2.45) is 0 Å².